The fourth-order valence-corrected chi connectivity index (χ4v) is 4.63. The lowest BCUT2D eigenvalue weighted by atomic mass is 9.94. The smallest absolute Gasteiger partial charge is 0.408 e. The van der Waals surface area contributed by atoms with E-state index < -0.39 is 23.8 Å². The minimum atomic E-state index is -0.953. The van der Waals surface area contributed by atoms with Crippen LogP contribution in [0.2, 0.25) is 0 Å². The van der Waals surface area contributed by atoms with E-state index >= 15 is 0 Å². The van der Waals surface area contributed by atoms with Crippen molar-refractivity contribution in [3.8, 4) is 0 Å². The van der Waals surface area contributed by atoms with E-state index in [9.17, 15) is 14.4 Å². The molecule has 41 heavy (non-hydrogen) atoms. The van der Waals surface area contributed by atoms with Gasteiger partial charge in [0.25, 0.3) is 5.91 Å². The molecule has 0 aliphatic carbocycles. The summed E-state index contributed by atoms with van der Waals surface area (Å²) in [5, 5.41) is 5.87. The van der Waals surface area contributed by atoms with Gasteiger partial charge in [0.15, 0.2) is 0 Å². The molecular formula is C34H49N3O4. The molecule has 0 saturated heterocycles. The van der Waals surface area contributed by atoms with Crippen LogP contribution < -0.4 is 10.6 Å². The van der Waals surface area contributed by atoms with Crippen LogP contribution in [0.4, 0.5) is 10.5 Å². The van der Waals surface area contributed by atoms with Crippen LogP contribution in [0.5, 0.6) is 0 Å². The lowest BCUT2D eigenvalue weighted by molar-refractivity contribution is -0.144. The monoisotopic (exact) mass is 563 g/mol. The Bertz CT molecular complexity index is 1200. The van der Waals surface area contributed by atoms with Crippen molar-refractivity contribution in [2.45, 2.75) is 98.9 Å². The summed E-state index contributed by atoms with van der Waals surface area (Å²) in [7, 11) is 0. The molecule has 7 nitrogen and oxygen atoms in total. The Morgan fingerprint density at radius 3 is 2.20 bits per heavy atom. The van der Waals surface area contributed by atoms with Crippen LogP contribution in [0.15, 0.2) is 55.1 Å². The number of aryl methyl sites for hydroxylation is 1. The minimum absolute atomic E-state index is 0.255. The number of ether oxygens (including phenoxy) is 1. The van der Waals surface area contributed by atoms with Gasteiger partial charge in [-0.05, 0) is 88.1 Å². The minimum Gasteiger partial charge on any atom is -0.444 e. The third-order valence-corrected chi connectivity index (χ3v) is 6.89. The largest absolute Gasteiger partial charge is 0.444 e. The number of nitrogens with one attached hydrogen (secondary N) is 2. The van der Waals surface area contributed by atoms with Gasteiger partial charge in [-0.3, -0.25) is 9.59 Å². The van der Waals surface area contributed by atoms with Crippen molar-refractivity contribution in [2.75, 3.05) is 5.32 Å². The fraction of sp³-hybridized carbons (Fsp3) is 0.500. The van der Waals surface area contributed by atoms with Crippen molar-refractivity contribution in [1.82, 2.24) is 10.2 Å². The fourth-order valence-electron chi connectivity index (χ4n) is 4.63. The Kier molecular flexibility index (Phi) is 12.2. The van der Waals surface area contributed by atoms with Gasteiger partial charge in [0.1, 0.15) is 17.7 Å². The van der Waals surface area contributed by atoms with Crippen molar-refractivity contribution >= 4 is 29.7 Å². The summed E-state index contributed by atoms with van der Waals surface area (Å²) in [6.45, 7) is 21.1. The van der Waals surface area contributed by atoms with Gasteiger partial charge in [-0.2, -0.15) is 0 Å². The standard InChI is InChI=1S/C34H49N3O4/c1-11-26-16-14-17-27(21-26)30(31(38)35-28-18-13-12-15-24(28)6)37(25(7)20-19-22(2)3)32(39)29(23(4)5)36-33(40)41-34(8,9)10/h11-18,21-23,25,29-30H,1,19-20H2,2-10H3,(H,35,38)(H,36,40). The molecule has 2 aromatic rings. The van der Waals surface area contributed by atoms with Gasteiger partial charge < -0.3 is 20.3 Å². The van der Waals surface area contributed by atoms with Gasteiger partial charge in [-0.15, -0.1) is 0 Å². The summed E-state index contributed by atoms with van der Waals surface area (Å²) in [4.78, 5) is 43.2. The first-order valence-corrected chi connectivity index (χ1v) is 14.5. The molecule has 3 amide bonds. The first-order chi connectivity index (χ1) is 19.1. The summed E-state index contributed by atoms with van der Waals surface area (Å²) in [6, 6.07) is 12.9. The van der Waals surface area contributed by atoms with E-state index in [1.807, 2.05) is 76.2 Å². The second-order valence-corrected chi connectivity index (χ2v) is 12.5. The highest BCUT2D eigenvalue weighted by atomic mass is 16.6. The van der Waals surface area contributed by atoms with E-state index in [4.69, 9.17) is 4.74 Å². The van der Waals surface area contributed by atoms with Crippen LogP contribution in [0.25, 0.3) is 6.08 Å². The second-order valence-electron chi connectivity index (χ2n) is 12.5. The summed E-state index contributed by atoms with van der Waals surface area (Å²) in [5.41, 5.74) is 2.37. The lowest BCUT2D eigenvalue weighted by Crippen LogP contribution is -2.56. The Labute approximate surface area is 246 Å². The molecule has 0 aliphatic rings. The van der Waals surface area contributed by atoms with Crippen molar-refractivity contribution in [1.29, 1.82) is 0 Å². The molecular weight excluding hydrogens is 514 g/mol. The van der Waals surface area contributed by atoms with Crippen LogP contribution >= 0.6 is 0 Å². The maximum Gasteiger partial charge on any atom is 0.408 e. The molecule has 2 aromatic carbocycles. The topological polar surface area (TPSA) is 87.7 Å². The zero-order valence-electron chi connectivity index (χ0n) is 26.3. The van der Waals surface area contributed by atoms with E-state index in [0.717, 1.165) is 17.5 Å². The van der Waals surface area contributed by atoms with E-state index in [-0.39, 0.29) is 23.8 Å². The number of amides is 3. The lowest BCUT2D eigenvalue weighted by Gasteiger charge is -2.39. The molecule has 0 fully saturated rings. The molecule has 0 aliphatic heterocycles. The molecule has 3 atom stereocenters. The highest BCUT2D eigenvalue weighted by molar-refractivity contribution is 5.99. The third-order valence-electron chi connectivity index (χ3n) is 6.89. The van der Waals surface area contributed by atoms with Crippen LogP contribution in [0, 0.1) is 18.8 Å². The molecule has 7 heteroatoms. The number of hydrogen-bond acceptors (Lipinski definition) is 4. The van der Waals surface area contributed by atoms with E-state index in [1.54, 1.807) is 31.7 Å². The predicted molar refractivity (Wildman–Crippen MR) is 167 cm³/mol. The maximum absolute atomic E-state index is 14.5. The molecule has 0 heterocycles. The number of anilines is 1. The van der Waals surface area contributed by atoms with Gasteiger partial charge in [0, 0.05) is 11.7 Å². The van der Waals surface area contributed by atoms with Gasteiger partial charge in [-0.25, -0.2) is 4.79 Å². The van der Waals surface area contributed by atoms with Crippen molar-refractivity contribution in [3.63, 3.8) is 0 Å². The number of carbonyl (C=O) groups is 3. The van der Waals surface area contributed by atoms with E-state index in [2.05, 4.69) is 31.1 Å². The molecule has 2 N–H and O–H groups in total. The van der Waals surface area contributed by atoms with Crippen LogP contribution in [-0.4, -0.2) is 40.5 Å². The average molecular weight is 564 g/mol. The third kappa shape index (κ3) is 10.1. The summed E-state index contributed by atoms with van der Waals surface area (Å²) >= 11 is 0. The average Bonchev–Trinajstić information content (AvgIpc) is 2.88. The Balaban J connectivity index is 2.66. The van der Waals surface area contributed by atoms with Crippen LogP contribution in [-0.2, 0) is 14.3 Å². The van der Waals surface area contributed by atoms with Crippen molar-refractivity contribution < 1.29 is 19.1 Å². The molecule has 2 rings (SSSR count). The number of rotatable bonds is 12. The highest BCUT2D eigenvalue weighted by Crippen LogP contribution is 2.30. The molecule has 0 spiro atoms. The number of nitrogens with zero attached hydrogens (tertiary/aromatic N) is 1. The predicted octanol–water partition coefficient (Wildman–Crippen LogP) is 7.52. The molecule has 0 aromatic heterocycles. The maximum atomic E-state index is 14.5. The van der Waals surface area contributed by atoms with Crippen LogP contribution in [0.1, 0.15) is 91.0 Å². The number of para-hydroxylation sites is 1. The quantitative estimate of drug-likeness (QED) is 0.280. The summed E-state index contributed by atoms with van der Waals surface area (Å²) in [5.74, 6) is -0.506. The molecule has 224 valence electrons. The van der Waals surface area contributed by atoms with Gasteiger partial charge in [0.05, 0.1) is 0 Å². The summed E-state index contributed by atoms with van der Waals surface area (Å²) in [6.07, 6.45) is 2.61. The molecule has 0 radical (unpaired) electrons. The van der Waals surface area contributed by atoms with E-state index in [1.165, 1.54) is 0 Å². The normalized spacial score (nSPS) is 13.7. The van der Waals surface area contributed by atoms with Crippen molar-refractivity contribution in [2.24, 2.45) is 11.8 Å². The van der Waals surface area contributed by atoms with Crippen LogP contribution in [0.3, 0.4) is 0 Å². The summed E-state index contributed by atoms with van der Waals surface area (Å²) < 4.78 is 5.49. The molecule has 3 unspecified atom stereocenters. The first-order valence-electron chi connectivity index (χ1n) is 14.5. The Morgan fingerprint density at radius 2 is 1.63 bits per heavy atom. The molecule has 0 bridgehead atoms. The first kappa shape index (κ1) is 33.6. The highest BCUT2D eigenvalue weighted by Gasteiger charge is 2.40. The zero-order valence-corrected chi connectivity index (χ0v) is 26.3. The second kappa shape index (κ2) is 14.9. The number of hydrogen-bond donors (Lipinski definition) is 2. The molecule has 0 saturated carbocycles. The van der Waals surface area contributed by atoms with Gasteiger partial charge in [0.2, 0.25) is 5.91 Å². The van der Waals surface area contributed by atoms with E-state index in [0.29, 0.717) is 23.6 Å². The van der Waals surface area contributed by atoms with Gasteiger partial charge in [-0.1, -0.05) is 76.7 Å². The van der Waals surface area contributed by atoms with Crippen molar-refractivity contribution in [3.05, 3.63) is 71.8 Å². The number of carbonyl (C=O) groups excluding carboxylic acids is 3. The number of benzene rings is 2. The number of alkyl carbamates (subject to hydrolysis) is 1. The van der Waals surface area contributed by atoms with Gasteiger partial charge >= 0.3 is 6.09 Å². The Hall–Kier alpha value is -3.61. The Morgan fingerprint density at radius 1 is 0.976 bits per heavy atom. The SMILES string of the molecule is C=Cc1cccc(C(C(=O)Nc2ccccc2C)N(C(=O)C(NC(=O)OC(C)(C)C)C(C)C)C(C)CCC(C)C)c1. The zero-order chi connectivity index (χ0) is 30.9.